The fourth-order valence-corrected chi connectivity index (χ4v) is 3.03. The molecule has 2 aliphatic rings. The minimum atomic E-state index is -0.201. The third kappa shape index (κ3) is 1.59. The highest BCUT2D eigenvalue weighted by Gasteiger charge is 2.20. The summed E-state index contributed by atoms with van der Waals surface area (Å²) < 4.78 is 0. The summed E-state index contributed by atoms with van der Waals surface area (Å²) in [4.78, 5) is 0. The third-order valence-electron chi connectivity index (χ3n) is 3.89. The molecular weight excluding hydrogens is 184 g/mol. The predicted octanol–water partition coefficient (Wildman–Crippen LogP) is 2.94. The molecule has 1 aromatic carbocycles. The highest BCUT2D eigenvalue weighted by molar-refractivity contribution is 5.42. The van der Waals surface area contributed by atoms with Crippen LogP contribution < -0.4 is 0 Å². The second-order valence-corrected chi connectivity index (χ2v) is 4.93. The zero-order chi connectivity index (χ0) is 10.3. The molecule has 0 radical (unpaired) electrons. The van der Waals surface area contributed by atoms with Crippen molar-refractivity contribution in [3.63, 3.8) is 0 Å². The van der Waals surface area contributed by atoms with E-state index < -0.39 is 0 Å². The third-order valence-corrected chi connectivity index (χ3v) is 3.89. The Labute approximate surface area is 91.1 Å². The maximum Gasteiger partial charge on any atom is 0.0792 e. The van der Waals surface area contributed by atoms with Gasteiger partial charge in [0.25, 0.3) is 0 Å². The SMILES string of the molecule is O[C@@H]1CCCCc2cc3c(cc21)CCC3. The maximum absolute atomic E-state index is 10.1. The van der Waals surface area contributed by atoms with Gasteiger partial charge in [0, 0.05) is 0 Å². The summed E-state index contributed by atoms with van der Waals surface area (Å²) in [6, 6.07) is 4.65. The Balaban J connectivity index is 2.09. The molecule has 2 aliphatic carbocycles. The summed E-state index contributed by atoms with van der Waals surface area (Å²) in [6.45, 7) is 0. The lowest BCUT2D eigenvalue weighted by Gasteiger charge is -2.13. The molecule has 0 amide bonds. The van der Waals surface area contributed by atoms with E-state index in [1.807, 2.05) is 0 Å². The fourth-order valence-electron chi connectivity index (χ4n) is 3.03. The number of aryl methyl sites for hydroxylation is 3. The first-order chi connectivity index (χ1) is 7.34. The van der Waals surface area contributed by atoms with E-state index in [0.717, 1.165) is 6.42 Å². The number of hydrogen-bond donors (Lipinski definition) is 1. The van der Waals surface area contributed by atoms with Gasteiger partial charge in [0.1, 0.15) is 0 Å². The molecule has 1 aromatic rings. The van der Waals surface area contributed by atoms with Crippen LogP contribution in [0.2, 0.25) is 0 Å². The lowest BCUT2D eigenvalue weighted by atomic mass is 9.95. The van der Waals surface area contributed by atoms with Crippen molar-refractivity contribution < 1.29 is 5.11 Å². The zero-order valence-electron chi connectivity index (χ0n) is 9.13. The Morgan fingerprint density at radius 2 is 1.60 bits per heavy atom. The van der Waals surface area contributed by atoms with Gasteiger partial charge in [0.15, 0.2) is 0 Å². The smallest absolute Gasteiger partial charge is 0.0792 e. The quantitative estimate of drug-likeness (QED) is 0.641. The van der Waals surface area contributed by atoms with Gasteiger partial charge in [-0.15, -0.1) is 0 Å². The summed E-state index contributed by atoms with van der Waals surface area (Å²) >= 11 is 0. The summed E-state index contributed by atoms with van der Waals surface area (Å²) in [5, 5.41) is 10.1. The highest BCUT2D eigenvalue weighted by atomic mass is 16.3. The molecule has 0 aromatic heterocycles. The van der Waals surface area contributed by atoms with E-state index in [1.165, 1.54) is 55.2 Å². The fraction of sp³-hybridized carbons (Fsp3) is 0.571. The Hall–Kier alpha value is -0.820. The van der Waals surface area contributed by atoms with E-state index in [4.69, 9.17) is 0 Å². The van der Waals surface area contributed by atoms with Crippen LogP contribution >= 0.6 is 0 Å². The van der Waals surface area contributed by atoms with Crippen molar-refractivity contribution in [3.8, 4) is 0 Å². The molecule has 0 spiro atoms. The molecule has 1 N–H and O–H groups in total. The van der Waals surface area contributed by atoms with Crippen molar-refractivity contribution in [1.29, 1.82) is 0 Å². The zero-order valence-corrected chi connectivity index (χ0v) is 9.13. The number of rotatable bonds is 0. The van der Waals surface area contributed by atoms with Crippen LogP contribution in [0.15, 0.2) is 12.1 Å². The van der Waals surface area contributed by atoms with Gasteiger partial charge in [-0.3, -0.25) is 0 Å². The number of aliphatic hydroxyl groups excluding tert-OH is 1. The monoisotopic (exact) mass is 202 g/mol. The van der Waals surface area contributed by atoms with Gasteiger partial charge in [-0.05, 0) is 60.8 Å². The molecule has 1 heteroatoms. The van der Waals surface area contributed by atoms with Crippen LogP contribution in [0.1, 0.15) is 54.0 Å². The van der Waals surface area contributed by atoms with Gasteiger partial charge in [0.05, 0.1) is 6.10 Å². The van der Waals surface area contributed by atoms with E-state index >= 15 is 0 Å². The van der Waals surface area contributed by atoms with Crippen LogP contribution in [-0.4, -0.2) is 5.11 Å². The van der Waals surface area contributed by atoms with Crippen molar-refractivity contribution in [2.75, 3.05) is 0 Å². The molecule has 0 unspecified atom stereocenters. The predicted molar refractivity (Wildman–Crippen MR) is 61.0 cm³/mol. The normalized spacial score (nSPS) is 24.5. The van der Waals surface area contributed by atoms with Crippen LogP contribution in [0.3, 0.4) is 0 Å². The molecule has 3 rings (SSSR count). The molecule has 1 nitrogen and oxygen atoms in total. The van der Waals surface area contributed by atoms with Crippen molar-refractivity contribution in [2.45, 2.75) is 51.0 Å². The first-order valence-electron chi connectivity index (χ1n) is 6.17. The molecule has 0 fully saturated rings. The van der Waals surface area contributed by atoms with Crippen LogP contribution in [0, 0.1) is 0 Å². The molecule has 0 aliphatic heterocycles. The topological polar surface area (TPSA) is 20.2 Å². The van der Waals surface area contributed by atoms with Crippen LogP contribution in [0.25, 0.3) is 0 Å². The van der Waals surface area contributed by atoms with Crippen molar-refractivity contribution in [2.24, 2.45) is 0 Å². The Kier molecular flexibility index (Phi) is 2.28. The highest BCUT2D eigenvalue weighted by Crippen LogP contribution is 2.33. The van der Waals surface area contributed by atoms with Crippen molar-refractivity contribution in [3.05, 3.63) is 34.4 Å². The summed E-state index contributed by atoms with van der Waals surface area (Å²) in [6.07, 6.45) is 8.09. The average Bonchev–Trinajstić information content (AvgIpc) is 2.62. The summed E-state index contributed by atoms with van der Waals surface area (Å²) in [5.41, 5.74) is 5.69. The molecule has 80 valence electrons. The maximum atomic E-state index is 10.1. The van der Waals surface area contributed by atoms with E-state index in [9.17, 15) is 5.11 Å². The van der Waals surface area contributed by atoms with E-state index in [0.29, 0.717) is 0 Å². The Morgan fingerprint density at radius 1 is 0.867 bits per heavy atom. The minimum Gasteiger partial charge on any atom is -0.388 e. The number of benzene rings is 1. The number of hydrogen-bond acceptors (Lipinski definition) is 1. The summed E-state index contributed by atoms with van der Waals surface area (Å²) in [5.74, 6) is 0. The molecule has 0 saturated carbocycles. The van der Waals surface area contributed by atoms with Crippen LogP contribution in [0.4, 0.5) is 0 Å². The van der Waals surface area contributed by atoms with Crippen LogP contribution in [-0.2, 0) is 19.3 Å². The Morgan fingerprint density at radius 3 is 2.47 bits per heavy atom. The molecule has 0 saturated heterocycles. The molecule has 15 heavy (non-hydrogen) atoms. The average molecular weight is 202 g/mol. The van der Waals surface area contributed by atoms with Gasteiger partial charge in [-0.1, -0.05) is 18.6 Å². The van der Waals surface area contributed by atoms with Crippen molar-refractivity contribution >= 4 is 0 Å². The van der Waals surface area contributed by atoms with Gasteiger partial charge in [-0.2, -0.15) is 0 Å². The van der Waals surface area contributed by atoms with Crippen molar-refractivity contribution in [1.82, 2.24) is 0 Å². The number of aliphatic hydroxyl groups is 1. The van der Waals surface area contributed by atoms with Gasteiger partial charge >= 0.3 is 0 Å². The standard InChI is InChI=1S/C14H18O/c15-14-7-2-1-4-12-8-10-5-3-6-11(10)9-13(12)14/h8-9,14-15H,1-7H2/t14-/m1/s1. The van der Waals surface area contributed by atoms with E-state index in [1.54, 1.807) is 5.56 Å². The van der Waals surface area contributed by atoms with Gasteiger partial charge < -0.3 is 5.11 Å². The molecule has 1 atom stereocenters. The van der Waals surface area contributed by atoms with E-state index in [2.05, 4.69) is 12.1 Å². The largest absolute Gasteiger partial charge is 0.388 e. The number of fused-ring (bicyclic) bond motifs is 2. The van der Waals surface area contributed by atoms with E-state index in [-0.39, 0.29) is 6.10 Å². The van der Waals surface area contributed by atoms with Gasteiger partial charge in [0.2, 0.25) is 0 Å². The van der Waals surface area contributed by atoms with Gasteiger partial charge in [-0.25, -0.2) is 0 Å². The second-order valence-electron chi connectivity index (χ2n) is 4.93. The minimum absolute atomic E-state index is 0.201. The molecule has 0 bridgehead atoms. The van der Waals surface area contributed by atoms with Crippen LogP contribution in [0.5, 0.6) is 0 Å². The lowest BCUT2D eigenvalue weighted by Crippen LogP contribution is -2.00. The molecule has 0 heterocycles. The molecular formula is C14H18O. The second kappa shape index (κ2) is 3.64. The Bertz CT molecular complexity index is 381. The first kappa shape index (κ1) is 9.41. The first-order valence-corrected chi connectivity index (χ1v) is 6.17. The lowest BCUT2D eigenvalue weighted by molar-refractivity contribution is 0.166. The summed E-state index contributed by atoms with van der Waals surface area (Å²) in [7, 11) is 0.